The lowest BCUT2D eigenvalue weighted by Crippen LogP contribution is -2.04. The zero-order valence-corrected chi connectivity index (χ0v) is 13.2. The first kappa shape index (κ1) is 13.7. The number of fused-ring (bicyclic) bond motifs is 1. The summed E-state index contributed by atoms with van der Waals surface area (Å²) < 4.78 is 1.92. The zero-order chi connectivity index (χ0) is 15.1. The van der Waals surface area contributed by atoms with Crippen LogP contribution in [0.4, 0.5) is 5.82 Å². The lowest BCUT2D eigenvalue weighted by Gasteiger charge is -2.06. The van der Waals surface area contributed by atoms with Crippen molar-refractivity contribution in [1.82, 2.24) is 9.78 Å². The lowest BCUT2D eigenvalue weighted by atomic mass is 10.1. The molecule has 1 N–H and O–H groups in total. The Kier molecular flexibility index (Phi) is 3.32. The summed E-state index contributed by atoms with van der Waals surface area (Å²) >= 11 is 12.2. The maximum Gasteiger partial charge on any atom is 0.133 e. The molecule has 0 atom stereocenters. The molecule has 2 heterocycles. The molecule has 3 aromatic rings. The van der Waals surface area contributed by atoms with E-state index in [1.165, 1.54) is 5.56 Å². The Hall–Kier alpha value is -1.97. The third-order valence-corrected chi connectivity index (χ3v) is 4.27. The van der Waals surface area contributed by atoms with Gasteiger partial charge in [-0.3, -0.25) is 0 Å². The molecule has 0 saturated heterocycles. The second-order valence-corrected chi connectivity index (χ2v) is 6.13. The van der Waals surface area contributed by atoms with Gasteiger partial charge in [0.1, 0.15) is 5.82 Å². The number of benzene rings is 2. The average Bonchev–Trinajstić information content (AvgIpc) is 3.09. The van der Waals surface area contributed by atoms with Crippen LogP contribution in [0.25, 0.3) is 16.9 Å². The molecular formula is C17H13Cl2N3. The van der Waals surface area contributed by atoms with E-state index in [0.717, 1.165) is 40.8 Å². The molecule has 0 aliphatic carbocycles. The number of nitrogens with one attached hydrogen (secondary N) is 1. The van der Waals surface area contributed by atoms with Gasteiger partial charge in [-0.25, -0.2) is 4.68 Å². The van der Waals surface area contributed by atoms with Gasteiger partial charge in [0.25, 0.3) is 0 Å². The summed E-state index contributed by atoms with van der Waals surface area (Å²) in [5.41, 5.74) is 4.18. The van der Waals surface area contributed by atoms with E-state index >= 15 is 0 Å². The van der Waals surface area contributed by atoms with Crippen molar-refractivity contribution in [1.29, 1.82) is 0 Å². The Balaban J connectivity index is 1.90. The first-order valence-corrected chi connectivity index (χ1v) is 7.85. The van der Waals surface area contributed by atoms with Gasteiger partial charge in [0.15, 0.2) is 0 Å². The minimum Gasteiger partial charge on any atom is -0.369 e. The summed E-state index contributed by atoms with van der Waals surface area (Å²) in [6, 6.07) is 15.5. The van der Waals surface area contributed by atoms with Gasteiger partial charge in [-0.05, 0) is 36.8 Å². The third-order valence-electron chi connectivity index (χ3n) is 3.80. The molecule has 1 aliphatic heterocycles. The van der Waals surface area contributed by atoms with Gasteiger partial charge in [0.05, 0.1) is 11.4 Å². The number of halogens is 2. The van der Waals surface area contributed by atoms with Gasteiger partial charge < -0.3 is 5.32 Å². The van der Waals surface area contributed by atoms with Crippen molar-refractivity contribution in [2.75, 3.05) is 11.9 Å². The van der Waals surface area contributed by atoms with Gasteiger partial charge in [0.2, 0.25) is 0 Å². The van der Waals surface area contributed by atoms with Crippen LogP contribution in [0.1, 0.15) is 5.56 Å². The maximum atomic E-state index is 6.12. The van der Waals surface area contributed by atoms with Crippen LogP contribution in [-0.2, 0) is 6.42 Å². The second kappa shape index (κ2) is 5.34. The number of anilines is 1. The Morgan fingerprint density at radius 1 is 1.00 bits per heavy atom. The highest BCUT2D eigenvalue weighted by atomic mass is 35.5. The summed E-state index contributed by atoms with van der Waals surface area (Å²) in [5.74, 6) is 1.04. The van der Waals surface area contributed by atoms with E-state index in [9.17, 15) is 0 Å². The minimum atomic E-state index is 0.698. The molecule has 5 heteroatoms. The van der Waals surface area contributed by atoms with Crippen LogP contribution in [0.2, 0.25) is 10.0 Å². The van der Waals surface area contributed by atoms with Gasteiger partial charge >= 0.3 is 0 Å². The number of aromatic nitrogens is 2. The highest BCUT2D eigenvalue weighted by molar-refractivity contribution is 6.31. The van der Waals surface area contributed by atoms with Crippen molar-refractivity contribution in [2.45, 2.75) is 6.42 Å². The van der Waals surface area contributed by atoms with Crippen LogP contribution >= 0.6 is 23.2 Å². The Labute approximate surface area is 138 Å². The minimum absolute atomic E-state index is 0.698. The van der Waals surface area contributed by atoms with Gasteiger partial charge in [-0.2, -0.15) is 5.10 Å². The van der Waals surface area contributed by atoms with Crippen molar-refractivity contribution < 1.29 is 0 Å². The van der Waals surface area contributed by atoms with Crippen LogP contribution in [0.3, 0.4) is 0 Å². The van der Waals surface area contributed by atoms with E-state index in [4.69, 9.17) is 28.3 Å². The number of hydrogen-bond acceptors (Lipinski definition) is 2. The first-order valence-electron chi connectivity index (χ1n) is 7.10. The molecule has 4 rings (SSSR count). The summed E-state index contributed by atoms with van der Waals surface area (Å²) in [5, 5.41) is 9.62. The molecule has 22 heavy (non-hydrogen) atoms. The number of nitrogens with zero attached hydrogens (tertiary/aromatic N) is 2. The largest absolute Gasteiger partial charge is 0.369 e. The van der Waals surface area contributed by atoms with Gasteiger partial charge in [0, 0.05) is 27.7 Å². The van der Waals surface area contributed by atoms with E-state index in [-0.39, 0.29) is 0 Å². The molecule has 0 radical (unpaired) electrons. The Bertz CT molecular complexity index is 787. The van der Waals surface area contributed by atoms with Crippen LogP contribution in [0.15, 0.2) is 48.5 Å². The third kappa shape index (κ3) is 2.27. The molecule has 1 aliphatic rings. The number of rotatable bonds is 2. The topological polar surface area (TPSA) is 29.9 Å². The monoisotopic (exact) mass is 329 g/mol. The second-order valence-electron chi connectivity index (χ2n) is 5.25. The highest BCUT2D eigenvalue weighted by Gasteiger charge is 2.23. The summed E-state index contributed by atoms with van der Waals surface area (Å²) in [6.07, 6.45) is 0.956. The molecule has 0 unspecified atom stereocenters. The van der Waals surface area contributed by atoms with Crippen LogP contribution in [0, 0.1) is 0 Å². The quantitative estimate of drug-likeness (QED) is 0.730. The molecule has 0 saturated carbocycles. The van der Waals surface area contributed by atoms with E-state index in [1.54, 1.807) is 0 Å². The van der Waals surface area contributed by atoms with Crippen molar-refractivity contribution in [2.24, 2.45) is 0 Å². The Morgan fingerprint density at radius 3 is 2.55 bits per heavy atom. The predicted molar refractivity (Wildman–Crippen MR) is 91.2 cm³/mol. The fraction of sp³-hybridized carbons (Fsp3) is 0.118. The molecule has 0 bridgehead atoms. The highest BCUT2D eigenvalue weighted by Crippen LogP contribution is 2.35. The zero-order valence-electron chi connectivity index (χ0n) is 11.7. The Morgan fingerprint density at radius 2 is 1.77 bits per heavy atom. The summed E-state index contributed by atoms with van der Waals surface area (Å²) in [4.78, 5) is 0. The summed E-state index contributed by atoms with van der Waals surface area (Å²) in [7, 11) is 0. The van der Waals surface area contributed by atoms with E-state index < -0.39 is 0 Å². The molecular weight excluding hydrogens is 317 g/mol. The fourth-order valence-electron chi connectivity index (χ4n) is 2.84. The molecule has 0 fully saturated rings. The molecule has 2 aromatic carbocycles. The van der Waals surface area contributed by atoms with Crippen molar-refractivity contribution in [3.05, 3.63) is 64.1 Å². The van der Waals surface area contributed by atoms with Crippen LogP contribution < -0.4 is 5.32 Å². The maximum absolute atomic E-state index is 6.12. The molecule has 0 amide bonds. The van der Waals surface area contributed by atoms with Crippen LogP contribution in [-0.4, -0.2) is 16.3 Å². The van der Waals surface area contributed by atoms with E-state index in [0.29, 0.717) is 5.02 Å². The smallest absolute Gasteiger partial charge is 0.133 e. The normalized spacial score (nSPS) is 13.0. The summed E-state index contributed by atoms with van der Waals surface area (Å²) in [6.45, 7) is 0.918. The van der Waals surface area contributed by atoms with E-state index in [1.807, 2.05) is 53.2 Å². The van der Waals surface area contributed by atoms with Crippen molar-refractivity contribution >= 4 is 29.0 Å². The first-order chi connectivity index (χ1) is 10.7. The van der Waals surface area contributed by atoms with E-state index in [2.05, 4.69) is 5.32 Å². The molecule has 110 valence electrons. The van der Waals surface area contributed by atoms with Crippen molar-refractivity contribution in [3.63, 3.8) is 0 Å². The molecule has 0 spiro atoms. The standard InChI is InChI=1S/C17H13Cl2N3/c18-12-4-1-3-11(9-12)16-15-7-8-20-17(15)22(21-16)14-6-2-5-13(19)10-14/h1-6,9-10,20H,7-8H2. The molecule has 3 nitrogen and oxygen atoms in total. The molecule has 1 aromatic heterocycles. The SMILES string of the molecule is Clc1cccc(-c2nn(-c3cccc(Cl)c3)c3c2CCN3)c1. The van der Waals surface area contributed by atoms with Gasteiger partial charge in [-0.15, -0.1) is 0 Å². The number of hydrogen-bond donors (Lipinski definition) is 1. The van der Waals surface area contributed by atoms with Crippen LogP contribution in [0.5, 0.6) is 0 Å². The lowest BCUT2D eigenvalue weighted by molar-refractivity contribution is 0.882. The van der Waals surface area contributed by atoms with Crippen molar-refractivity contribution in [3.8, 4) is 16.9 Å². The van der Waals surface area contributed by atoms with Gasteiger partial charge in [-0.1, -0.05) is 41.4 Å². The predicted octanol–water partition coefficient (Wildman–Crippen LogP) is 4.81. The average molecular weight is 330 g/mol. The fourth-order valence-corrected chi connectivity index (χ4v) is 3.21.